The first-order chi connectivity index (χ1) is 13.7. The summed E-state index contributed by atoms with van der Waals surface area (Å²) in [7, 11) is 0. The highest BCUT2D eigenvalue weighted by atomic mass is 35.5. The summed E-state index contributed by atoms with van der Waals surface area (Å²) >= 11 is 12.2. The van der Waals surface area contributed by atoms with Crippen molar-refractivity contribution in [1.29, 1.82) is 0 Å². The normalized spacial score (nSPS) is 11.1. The minimum Gasteiger partial charge on any atom is -0.489 e. The van der Waals surface area contributed by atoms with E-state index in [1.54, 1.807) is 0 Å². The molecule has 2 N–H and O–H groups in total. The lowest BCUT2D eigenvalue weighted by atomic mass is 10.2. The highest BCUT2D eigenvalue weighted by molar-refractivity contribution is 6.30. The summed E-state index contributed by atoms with van der Waals surface area (Å²) in [6.07, 6.45) is 0. The van der Waals surface area contributed by atoms with Crippen LogP contribution in [-0.2, 0) is 19.7 Å². The van der Waals surface area contributed by atoms with Crippen molar-refractivity contribution < 1.29 is 4.74 Å². The first kappa shape index (κ1) is 18.8. The number of nitrogens with one attached hydrogen (secondary N) is 2. The number of hydrogen-bond donors (Lipinski definition) is 2. The number of rotatable bonds is 7. The van der Waals surface area contributed by atoms with Crippen molar-refractivity contribution in [2.45, 2.75) is 19.7 Å². The van der Waals surface area contributed by atoms with E-state index in [0.717, 1.165) is 33.7 Å². The van der Waals surface area contributed by atoms with Crippen molar-refractivity contribution in [1.82, 2.24) is 15.3 Å². The van der Waals surface area contributed by atoms with Crippen molar-refractivity contribution in [3.8, 4) is 5.75 Å². The predicted octanol–water partition coefficient (Wildman–Crippen LogP) is 5.74. The highest BCUT2D eigenvalue weighted by Gasteiger charge is 2.07. The molecule has 0 amide bonds. The smallest absolute Gasteiger partial charge is 0.124 e. The summed E-state index contributed by atoms with van der Waals surface area (Å²) in [5, 5.41) is 4.78. The number of aromatic nitrogens is 2. The Labute approximate surface area is 173 Å². The van der Waals surface area contributed by atoms with Gasteiger partial charge in [0.2, 0.25) is 0 Å². The van der Waals surface area contributed by atoms with Gasteiger partial charge in [-0.05, 0) is 48.0 Å². The molecule has 0 bridgehead atoms. The largest absolute Gasteiger partial charge is 0.489 e. The summed E-state index contributed by atoms with van der Waals surface area (Å²) < 4.78 is 6.00. The van der Waals surface area contributed by atoms with Gasteiger partial charge in [-0.15, -0.1) is 0 Å². The van der Waals surface area contributed by atoms with Gasteiger partial charge in [0, 0.05) is 22.2 Å². The Morgan fingerprint density at radius 2 is 1.75 bits per heavy atom. The molecule has 0 fully saturated rings. The number of hydrogen-bond acceptors (Lipinski definition) is 3. The first-order valence-corrected chi connectivity index (χ1v) is 9.73. The van der Waals surface area contributed by atoms with Gasteiger partial charge in [-0.1, -0.05) is 47.5 Å². The summed E-state index contributed by atoms with van der Waals surface area (Å²) in [5.74, 6) is 1.69. The topological polar surface area (TPSA) is 49.9 Å². The van der Waals surface area contributed by atoms with Crippen molar-refractivity contribution in [2.75, 3.05) is 0 Å². The maximum atomic E-state index is 6.18. The Morgan fingerprint density at radius 1 is 0.893 bits per heavy atom. The molecular formula is C22H19Cl2N3O. The fourth-order valence-corrected chi connectivity index (χ4v) is 3.43. The average molecular weight is 412 g/mol. The van der Waals surface area contributed by atoms with Gasteiger partial charge in [-0.25, -0.2) is 4.98 Å². The van der Waals surface area contributed by atoms with Crippen LogP contribution in [0.4, 0.5) is 0 Å². The zero-order chi connectivity index (χ0) is 19.3. The summed E-state index contributed by atoms with van der Waals surface area (Å²) in [4.78, 5) is 7.90. The zero-order valence-electron chi connectivity index (χ0n) is 15.1. The van der Waals surface area contributed by atoms with E-state index in [1.807, 2.05) is 66.7 Å². The summed E-state index contributed by atoms with van der Waals surface area (Å²) in [6, 6.07) is 21.3. The molecule has 0 unspecified atom stereocenters. The maximum absolute atomic E-state index is 6.18. The van der Waals surface area contributed by atoms with Crippen LogP contribution in [0.15, 0.2) is 66.7 Å². The van der Waals surface area contributed by atoms with E-state index in [9.17, 15) is 0 Å². The third-order valence-electron chi connectivity index (χ3n) is 4.35. The predicted molar refractivity (Wildman–Crippen MR) is 114 cm³/mol. The Kier molecular flexibility index (Phi) is 5.81. The Bertz CT molecular complexity index is 1060. The van der Waals surface area contributed by atoms with Crippen LogP contribution in [0, 0.1) is 0 Å². The van der Waals surface area contributed by atoms with Crippen LogP contribution in [0.25, 0.3) is 11.0 Å². The molecule has 0 atom stereocenters. The van der Waals surface area contributed by atoms with E-state index in [2.05, 4.69) is 15.3 Å². The van der Waals surface area contributed by atoms with Crippen LogP contribution in [0.3, 0.4) is 0 Å². The molecule has 0 saturated heterocycles. The van der Waals surface area contributed by atoms with Gasteiger partial charge >= 0.3 is 0 Å². The molecule has 4 aromatic rings. The van der Waals surface area contributed by atoms with Gasteiger partial charge in [-0.3, -0.25) is 0 Å². The minimum absolute atomic E-state index is 0.443. The lowest BCUT2D eigenvalue weighted by Gasteiger charge is -2.13. The van der Waals surface area contributed by atoms with Gasteiger partial charge < -0.3 is 15.0 Å². The number of aromatic amines is 1. The molecule has 0 aliphatic carbocycles. The van der Waals surface area contributed by atoms with E-state index in [-0.39, 0.29) is 0 Å². The summed E-state index contributed by atoms with van der Waals surface area (Å²) in [5.41, 5.74) is 4.01. The molecule has 28 heavy (non-hydrogen) atoms. The van der Waals surface area contributed by atoms with E-state index in [0.29, 0.717) is 29.7 Å². The van der Waals surface area contributed by atoms with Crippen molar-refractivity contribution in [2.24, 2.45) is 0 Å². The molecule has 0 aliphatic rings. The van der Waals surface area contributed by atoms with Gasteiger partial charge in [0.25, 0.3) is 0 Å². The second-order valence-corrected chi connectivity index (χ2v) is 7.35. The van der Waals surface area contributed by atoms with Crippen LogP contribution >= 0.6 is 23.2 Å². The van der Waals surface area contributed by atoms with Crippen LogP contribution in [0.2, 0.25) is 10.0 Å². The Balaban J connectivity index is 1.41. The number of ether oxygens (including phenoxy) is 1. The van der Waals surface area contributed by atoms with E-state index < -0.39 is 0 Å². The van der Waals surface area contributed by atoms with Gasteiger partial charge in [0.1, 0.15) is 18.2 Å². The fraction of sp³-hybridized carbons (Fsp3) is 0.136. The molecule has 0 spiro atoms. The Morgan fingerprint density at radius 3 is 2.61 bits per heavy atom. The molecule has 3 aromatic carbocycles. The summed E-state index contributed by atoms with van der Waals surface area (Å²) in [6.45, 7) is 1.68. The average Bonchev–Trinajstić information content (AvgIpc) is 3.10. The monoisotopic (exact) mass is 411 g/mol. The number of nitrogens with zero attached hydrogens (tertiary/aromatic N) is 1. The number of H-pyrrole nitrogens is 1. The second kappa shape index (κ2) is 8.65. The molecule has 1 heterocycles. The molecule has 0 aliphatic heterocycles. The van der Waals surface area contributed by atoms with Gasteiger partial charge in [0.05, 0.1) is 17.6 Å². The Hall–Kier alpha value is -2.53. The van der Waals surface area contributed by atoms with E-state index >= 15 is 0 Å². The van der Waals surface area contributed by atoms with Gasteiger partial charge in [0.15, 0.2) is 0 Å². The van der Waals surface area contributed by atoms with Crippen molar-refractivity contribution in [3.63, 3.8) is 0 Å². The lowest BCUT2D eigenvalue weighted by molar-refractivity contribution is 0.302. The molecule has 142 valence electrons. The standard InChI is InChI=1S/C22H19Cl2N3O/c23-17-5-3-4-15(10-17)14-28-21-9-8-18(24)11-16(21)12-25-13-22-26-19-6-1-2-7-20(19)27-22/h1-11,25H,12-14H2,(H,26,27). The SMILES string of the molecule is Clc1cccc(COc2ccc(Cl)cc2CNCc2nc3ccccc3[nH]2)c1. The number of halogens is 2. The van der Waals surface area contributed by atoms with Crippen LogP contribution < -0.4 is 10.1 Å². The van der Waals surface area contributed by atoms with E-state index in [4.69, 9.17) is 27.9 Å². The molecule has 0 saturated carbocycles. The van der Waals surface area contributed by atoms with Crippen molar-refractivity contribution in [3.05, 3.63) is 93.7 Å². The highest BCUT2D eigenvalue weighted by Crippen LogP contribution is 2.24. The van der Waals surface area contributed by atoms with E-state index in [1.165, 1.54) is 0 Å². The number of imidazole rings is 1. The maximum Gasteiger partial charge on any atom is 0.124 e. The van der Waals surface area contributed by atoms with Crippen molar-refractivity contribution >= 4 is 34.2 Å². The number of fused-ring (bicyclic) bond motifs is 1. The first-order valence-electron chi connectivity index (χ1n) is 8.97. The third-order valence-corrected chi connectivity index (χ3v) is 4.82. The zero-order valence-corrected chi connectivity index (χ0v) is 16.6. The second-order valence-electron chi connectivity index (χ2n) is 6.47. The molecule has 6 heteroatoms. The van der Waals surface area contributed by atoms with Crippen LogP contribution in [0.5, 0.6) is 5.75 Å². The van der Waals surface area contributed by atoms with Crippen LogP contribution in [-0.4, -0.2) is 9.97 Å². The van der Waals surface area contributed by atoms with Gasteiger partial charge in [-0.2, -0.15) is 0 Å². The molecule has 4 rings (SSSR count). The minimum atomic E-state index is 0.443. The molecular weight excluding hydrogens is 393 g/mol. The molecule has 4 nitrogen and oxygen atoms in total. The number of benzene rings is 3. The number of para-hydroxylation sites is 2. The quantitative estimate of drug-likeness (QED) is 0.407. The molecule has 1 aromatic heterocycles. The molecule has 0 radical (unpaired) electrons. The fourth-order valence-electron chi connectivity index (χ4n) is 3.02. The lowest BCUT2D eigenvalue weighted by Crippen LogP contribution is -2.14. The third kappa shape index (κ3) is 4.65. The van der Waals surface area contributed by atoms with Crippen LogP contribution in [0.1, 0.15) is 17.0 Å².